The predicted octanol–water partition coefficient (Wildman–Crippen LogP) is 3.41. The van der Waals surface area contributed by atoms with Gasteiger partial charge < -0.3 is 15.2 Å². The molecule has 4 rings (SSSR count). The van der Waals surface area contributed by atoms with Crippen LogP contribution in [0.2, 0.25) is 0 Å². The number of benzene rings is 3. The molecule has 38 heavy (non-hydrogen) atoms. The summed E-state index contributed by atoms with van der Waals surface area (Å²) in [5, 5.41) is 13.6. The summed E-state index contributed by atoms with van der Waals surface area (Å²) in [5.41, 5.74) is 6.72. The first-order valence-electron chi connectivity index (χ1n) is 12.1. The van der Waals surface area contributed by atoms with Gasteiger partial charge in [-0.15, -0.1) is 5.10 Å². The van der Waals surface area contributed by atoms with Crippen LogP contribution in [0.25, 0.3) is 22.2 Å². The van der Waals surface area contributed by atoms with Crippen molar-refractivity contribution in [2.24, 2.45) is 5.73 Å². The molecule has 3 aromatic carbocycles. The van der Waals surface area contributed by atoms with Crippen molar-refractivity contribution in [2.45, 2.75) is 51.5 Å². The van der Waals surface area contributed by atoms with Crippen LogP contribution in [0.15, 0.2) is 72.8 Å². The first-order valence-corrected chi connectivity index (χ1v) is 12.1. The van der Waals surface area contributed by atoms with Gasteiger partial charge in [-0.2, -0.15) is 0 Å². The average Bonchev–Trinajstić information content (AvgIpc) is 3.35. The number of tetrazole rings is 1. The predicted molar refractivity (Wildman–Crippen MR) is 139 cm³/mol. The van der Waals surface area contributed by atoms with E-state index in [-0.39, 0.29) is 12.4 Å². The number of fused-ring (bicyclic) bond motifs is 1. The Labute approximate surface area is 219 Å². The molecule has 2 atom stereocenters. The summed E-state index contributed by atoms with van der Waals surface area (Å²) >= 11 is 0. The number of Topliss-reactive ketones (excluding diaryl/α,β-unsaturated/α-hetero) is 1. The summed E-state index contributed by atoms with van der Waals surface area (Å²) < 4.78 is 11.9. The van der Waals surface area contributed by atoms with Crippen LogP contribution in [-0.4, -0.2) is 49.6 Å². The van der Waals surface area contributed by atoms with E-state index in [4.69, 9.17) is 15.2 Å². The molecular weight excluding hydrogens is 486 g/mol. The topological polar surface area (TPSA) is 139 Å². The number of nitrogens with zero attached hydrogens (tertiary/aromatic N) is 4. The zero-order valence-electron chi connectivity index (χ0n) is 21.4. The number of carbonyl (C=O) groups excluding carboxylic acids is 3. The SMILES string of the molecule is CC(C)(C)OC(=O)CC(N)C(=O)C(C(=O)OCc1ccccc1)n1nnnc1-c1cccc2ccccc12. The second-order valence-electron chi connectivity index (χ2n) is 9.77. The van der Waals surface area contributed by atoms with E-state index >= 15 is 0 Å². The maximum absolute atomic E-state index is 13.6. The molecule has 0 fully saturated rings. The van der Waals surface area contributed by atoms with Crippen LogP contribution in [0.4, 0.5) is 0 Å². The molecule has 196 valence electrons. The summed E-state index contributed by atoms with van der Waals surface area (Å²) in [6.45, 7) is 5.05. The number of carbonyl (C=O) groups is 3. The molecule has 4 aromatic rings. The fourth-order valence-electron chi connectivity index (χ4n) is 3.98. The molecule has 0 bridgehead atoms. The minimum absolute atomic E-state index is 0.0729. The van der Waals surface area contributed by atoms with Gasteiger partial charge in [0.1, 0.15) is 12.2 Å². The molecule has 1 aromatic heterocycles. The second kappa shape index (κ2) is 11.3. The van der Waals surface area contributed by atoms with Crippen molar-refractivity contribution >= 4 is 28.5 Å². The molecule has 0 aliphatic heterocycles. The van der Waals surface area contributed by atoms with Crippen LogP contribution in [0.5, 0.6) is 0 Å². The smallest absolute Gasteiger partial charge is 0.339 e. The Bertz CT molecular complexity index is 1440. The molecule has 0 saturated heterocycles. The van der Waals surface area contributed by atoms with E-state index in [1.165, 1.54) is 0 Å². The van der Waals surface area contributed by atoms with Crippen LogP contribution in [-0.2, 0) is 30.5 Å². The highest BCUT2D eigenvalue weighted by molar-refractivity contribution is 6.05. The monoisotopic (exact) mass is 515 g/mol. The van der Waals surface area contributed by atoms with Crippen molar-refractivity contribution in [2.75, 3.05) is 0 Å². The fraction of sp³-hybridized carbons (Fsp3) is 0.286. The number of esters is 2. The molecule has 0 aliphatic carbocycles. The Kier molecular flexibility index (Phi) is 7.92. The van der Waals surface area contributed by atoms with Crippen molar-refractivity contribution in [1.82, 2.24) is 20.2 Å². The maximum atomic E-state index is 13.6. The third-order valence-corrected chi connectivity index (χ3v) is 5.66. The molecule has 0 aliphatic rings. The van der Waals surface area contributed by atoms with Crippen LogP contribution in [0, 0.1) is 0 Å². The summed E-state index contributed by atoms with van der Waals surface area (Å²) in [5.74, 6) is -2.16. The van der Waals surface area contributed by atoms with Gasteiger partial charge in [0, 0.05) is 5.56 Å². The lowest BCUT2D eigenvalue weighted by molar-refractivity contribution is -0.158. The molecule has 0 radical (unpaired) electrons. The second-order valence-corrected chi connectivity index (χ2v) is 9.77. The van der Waals surface area contributed by atoms with E-state index in [1.54, 1.807) is 39.0 Å². The molecule has 0 spiro atoms. The number of aromatic nitrogens is 4. The third kappa shape index (κ3) is 6.27. The highest BCUT2D eigenvalue weighted by atomic mass is 16.6. The Morgan fingerprint density at radius 1 is 0.947 bits per heavy atom. The lowest BCUT2D eigenvalue weighted by Gasteiger charge is -2.22. The Morgan fingerprint density at radius 3 is 2.37 bits per heavy atom. The summed E-state index contributed by atoms with van der Waals surface area (Å²) in [4.78, 5) is 39.4. The number of hydrogen-bond acceptors (Lipinski definition) is 9. The molecule has 2 N–H and O–H groups in total. The van der Waals surface area contributed by atoms with E-state index in [1.807, 2.05) is 54.6 Å². The normalized spacial score (nSPS) is 13.1. The number of nitrogens with two attached hydrogens (primary N) is 1. The number of ether oxygens (including phenoxy) is 2. The van der Waals surface area contributed by atoms with Crippen molar-refractivity contribution in [3.8, 4) is 11.4 Å². The van der Waals surface area contributed by atoms with Gasteiger partial charge in [-0.1, -0.05) is 72.8 Å². The summed E-state index contributed by atoms with van der Waals surface area (Å²) in [6.07, 6.45) is -0.426. The molecule has 10 heteroatoms. The largest absolute Gasteiger partial charge is 0.460 e. The Hall–Kier alpha value is -4.44. The van der Waals surface area contributed by atoms with Crippen LogP contribution in [0.3, 0.4) is 0 Å². The Morgan fingerprint density at radius 2 is 1.63 bits per heavy atom. The van der Waals surface area contributed by atoms with Crippen LogP contribution < -0.4 is 5.73 Å². The number of ketones is 1. The first-order chi connectivity index (χ1) is 18.1. The van der Waals surface area contributed by atoms with Gasteiger partial charge in [0.2, 0.25) is 6.04 Å². The van der Waals surface area contributed by atoms with Gasteiger partial charge in [0.25, 0.3) is 0 Å². The molecule has 0 saturated carbocycles. The summed E-state index contributed by atoms with van der Waals surface area (Å²) in [6, 6.07) is 19.2. The van der Waals surface area contributed by atoms with Gasteiger partial charge in [-0.25, -0.2) is 9.48 Å². The maximum Gasteiger partial charge on any atom is 0.339 e. The van der Waals surface area contributed by atoms with Gasteiger partial charge >= 0.3 is 11.9 Å². The lowest BCUT2D eigenvalue weighted by Crippen LogP contribution is -2.43. The van der Waals surface area contributed by atoms with Crippen LogP contribution in [0.1, 0.15) is 38.8 Å². The third-order valence-electron chi connectivity index (χ3n) is 5.66. The van der Waals surface area contributed by atoms with Gasteiger partial charge in [0.15, 0.2) is 11.6 Å². The van der Waals surface area contributed by atoms with E-state index in [0.29, 0.717) is 5.56 Å². The van der Waals surface area contributed by atoms with Crippen LogP contribution >= 0.6 is 0 Å². The quantitative estimate of drug-likeness (QED) is 0.262. The Balaban J connectivity index is 1.69. The van der Waals surface area contributed by atoms with Gasteiger partial charge in [-0.3, -0.25) is 9.59 Å². The minimum atomic E-state index is -1.62. The van der Waals surface area contributed by atoms with E-state index in [2.05, 4.69) is 15.5 Å². The molecular formula is C28H29N5O5. The van der Waals surface area contributed by atoms with E-state index in [9.17, 15) is 14.4 Å². The highest BCUT2D eigenvalue weighted by Gasteiger charge is 2.38. The van der Waals surface area contributed by atoms with Gasteiger partial charge in [0.05, 0.1) is 12.5 Å². The van der Waals surface area contributed by atoms with Crippen molar-refractivity contribution in [1.29, 1.82) is 0 Å². The summed E-state index contributed by atoms with van der Waals surface area (Å²) in [7, 11) is 0. The molecule has 1 heterocycles. The van der Waals surface area contributed by atoms with E-state index in [0.717, 1.165) is 21.0 Å². The van der Waals surface area contributed by atoms with Crippen molar-refractivity contribution in [3.63, 3.8) is 0 Å². The lowest BCUT2D eigenvalue weighted by atomic mass is 10.0. The molecule has 0 amide bonds. The molecule has 2 unspecified atom stereocenters. The zero-order chi connectivity index (χ0) is 27.3. The van der Waals surface area contributed by atoms with Crippen molar-refractivity contribution in [3.05, 3.63) is 78.4 Å². The van der Waals surface area contributed by atoms with E-state index < -0.39 is 41.8 Å². The first kappa shape index (κ1) is 26.6. The fourth-order valence-corrected chi connectivity index (χ4v) is 3.98. The number of hydrogen-bond donors (Lipinski definition) is 1. The number of rotatable bonds is 9. The molecule has 10 nitrogen and oxygen atoms in total. The standard InChI is InChI=1S/C28H29N5O5/c1-28(2,3)38-23(34)16-22(29)25(35)24(27(36)37-17-18-10-5-4-6-11-18)33-26(30-31-32-33)21-15-9-13-19-12-7-8-14-20(19)21/h4-15,22,24H,16-17,29H2,1-3H3. The van der Waals surface area contributed by atoms with Gasteiger partial charge in [-0.05, 0) is 47.5 Å². The average molecular weight is 516 g/mol. The van der Waals surface area contributed by atoms with Crippen molar-refractivity contribution < 1.29 is 23.9 Å². The highest BCUT2D eigenvalue weighted by Crippen LogP contribution is 2.29. The minimum Gasteiger partial charge on any atom is -0.460 e. The zero-order valence-corrected chi connectivity index (χ0v) is 21.4.